The fourth-order valence-electron chi connectivity index (χ4n) is 2.58. The Hall–Kier alpha value is -2.83. The summed E-state index contributed by atoms with van der Waals surface area (Å²) >= 11 is 0. The number of nitrogens with zero attached hydrogens (tertiary/aromatic N) is 3. The Morgan fingerprint density at radius 3 is 2.88 bits per heavy atom. The minimum atomic E-state index is -0.892. The lowest BCUT2D eigenvalue weighted by atomic mass is 10.1. The van der Waals surface area contributed by atoms with E-state index in [2.05, 4.69) is 15.4 Å². The number of amides is 1. The largest absolute Gasteiger partial charge is 0.352 e. The average molecular weight is 330 g/mol. The molecule has 0 radical (unpaired) electrons. The molecule has 0 atom stereocenters. The average Bonchev–Trinajstić information content (AvgIpc) is 2.95. The highest BCUT2D eigenvalue weighted by Gasteiger charge is 2.15. The molecule has 3 aromatic rings. The number of benzene rings is 1. The van der Waals surface area contributed by atoms with Gasteiger partial charge in [-0.2, -0.15) is 5.10 Å². The molecule has 24 heavy (non-hydrogen) atoms. The molecule has 2 heterocycles. The highest BCUT2D eigenvalue weighted by Crippen LogP contribution is 2.13. The van der Waals surface area contributed by atoms with Gasteiger partial charge in [-0.05, 0) is 38.0 Å². The third kappa shape index (κ3) is 2.97. The van der Waals surface area contributed by atoms with Gasteiger partial charge in [-0.1, -0.05) is 12.1 Å². The number of carbonyl (C=O) groups is 1. The summed E-state index contributed by atoms with van der Waals surface area (Å²) in [5, 5.41) is 6.85. The lowest BCUT2D eigenvalue weighted by molar-refractivity contribution is 0.0955. The summed E-state index contributed by atoms with van der Waals surface area (Å²) in [6.07, 6.45) is 1.65. The number of nitrogens with one attached hydrogen (secondary N) is 1. The molecule has 1 N–H and O–H groups in total. The van der Waals surface area contributed by atoms with Crippen LogP contribution < -0.4 is 5.32 Å². The van der Waals surface area contributed by atoms with E-state index in [9.17, 15) is 13.6 Å². The molecule has 1 aromatic carbocycles. The number of halogens is 2. The molecule has 1 amide bonds. The van der Waals surface area contributed by atoms with E-state index >= 15 is 0 Å². The smallest absolute Gasteiger partial charge is 0.256 e. The molecule has 0 saturated heterocycles. The molecule has 0 unspecified atom stereocenters. The molecule has 7 heteroatoms. The van der Waals surface area contributed by atoms with Gasteiger partial charge in [-0.25, -0.2) is 18.3 Å². The van der Waals surface area contributed by atoms with Gasteiger partial charge in [0.15, 0.2) is 17.3 Å². The van der Waals surface area contributed by atoms with E-state index in [0.29, 0.717) is 11.2 Å². The number of aryl methyl sites for hydroxylation is 2. The van der Waals surface area contributed by atoms with E-state index in [0.717, 1.165) is 17.5 Å². The van der Waals surface area contributed by atoms with Crippen molar-refractivity contribution in [1.82, 2.24) is 19.9 Å². The second-order valence-corrected chi connectivity index (χ2v) is 5.55. The molecule has 0 fully saturated rings. The predicted octanol–water partition coefficient (Wildman–Crippen LogP) is 2.60. The first kappa shape index (κ1) is 16.0. The molecule has 3 rings (SSSR count). The van der Waals surface area contributed by atoms with Crippen LogP contribution in [0.5, 0.6) is 0 Å². The van der Waals surface area contributed by atoms with Crippen molar-refractivity contribution in [1.29, 1.82) is 0 Å². The molecule has 2 aromatic heterocycles. The van der Waals surface area contributed by atoms with Gasteiger partial charge in [0.2, 0.25) is 0 Å². The Labute approximate surface area is 137 Å². The third-order valence-electron chi connectivity index (χ3n) is 3.73. The lowest BCUT2D eigenvalue weighted by Gasteiger charge is -2.06. The molecule has 0 bridgehead atoms. The van der Waals surface area contributed by atoms with Crippen LogP contribution in [0.2, 0.25) is 0 Å². The molecule has 0 aliphatic carbocycles. The van der Waals surface area contributed by atoms with Gasteiger partial charge in [-0.3, -0.25) is 4.79 Å². The van der Waals surface area contributed by atoms with E-state index in [1.54, 1.807) is 4.52 Å². The first-order valence-corrected chi connectivity index (χ1v) is 7.50. The SMILES string of the molecule is Cc1cc(C)n2ncc(C(=O)NCCc3cccc(F)c3F)c2n1. The Morgan fingerprint density at radius 2 is 2.08 bits per heavy atom. The normalized spacial score (nSPS) is 11.0. The molecule has 5 nitrogen and oxygen atoms in total. The summed E-state index contributed by atoms with van der Waals surface area (Å²) in [7, 11) is 0. The lowest BCUT2D eigenvalue weighted by Crippen LogP contribution is -2.26. The number of hydrogen-bond donors (Lipinski definition) is 1. The molecule has 0 saturated carbocycles. The fourth-order valence-corrected chi connectivity index (χ4v) is 2.58. The van der Waals surface area contributed by atoms with Crippen LogP contribution in [0.4, 0.5) is 8.78 Å². The maximum Gasteiger partial charge on any atom is 0.256 e. The predicted molar refractivity (Wildman–Crippen MR) is 84.9 cm³/mol. The van der Waals surface area contributed by atoms with Crippen LogP contribution in [0.15, 0.2) is 30.5 Å². The van der Waals surface area contributed by atoms with Gasteiger partial charge in [0.05, 0.1) is 6.20 Å². The highest BCUT2D eigenvalue weighted by atomic mass is 19.2. The zero-order valence-electron chi connectivity index (χ0n) is 13.3. The van der Waals surface area contributed by atoms with Crippen molar-refractivity contribution >= 4 is 11.6 Å². The van der Waals surface area contributed by atoms with Gasteiger partial charge >= 0.3 is 0 Å². The maximum absolute atomic E-state index is 13.6. The van der Waals surface area contributed by atoms with Crippen LogP contribution in [-0.2, 0) is 6.42 Å². The summed E-state index contributed by atoms with van der Waals surface area (Å²) in [6, 6.07) is 5.87. The first-order valence-electron chi connectivity index (χ1n) is 7.50. The second-order valence-electron chi connectivity index (χ2n) is 5.55. The van der Waals surface area contributed by atoms with Crippen LogP contribution in [-0.4, -0.2) is 27.0 Å². The number of carbonyl (C=O) groups excluding carboxylic acids is 1. The Morgan fingerprint density at radius 1 is 1.29 bits per heavy atom. The van der Waals surface area contributed by atoms with Gasteiger partial charge in [-0.15, -0.1) is 0 Å². The van der Waals surface area contributed by atoms with Crippen molar-refractivity contribution in [2.24, 2.45) is 0 Å². The molecular weight excluding hydrogens is 314 g/mol. The van der Waals surface area contributed by atoms with Crippen molar-refractivity contribution in [2.45, 2.75) is 20.3 Å². The Bertz CT molecular complexity index is 920. The number of rotatable bonds is 4. The van der Waals surface area contributed by atoms with Crippen LogP contribution >= 0.6 is 0 Å². The molecule has 0 aliphatic rings. The first-order chi connectivity index (χ1) is 11.5. The standard InChI is InChI=1S/C17H16F2N4O/c1-10-8-11(2)23-16(22-10)13(9-21-23)17(24)20-7-6-12-4-3-5-14(18)15(12)19/h3-5,8-9H,6-7H2,1-2H3,(H,20,24). The van der Waals surface area contributed by atoms with E-state index in [4.69, 9.17) is 0 Å². The topological polar surface area (TPSA) is 59.3 Å². The fraction of sp³-hybridized carbons (Fsp3) is 0.235. The van der Waals surface area contributed by atoms with Crippen molar-refractivity contribution in [2.75, 3.05) is 6.54 Å². The summed E-state index contributed by atoms with van der Waals surface area (Å²) < 4.78 is 28.3. The molecule has 0 aliphatic heterocycles. The van der Waals surface area contributed by atoms with E-state index in [1.165, 1.54) is 18.3 Å². The number of hydrogen-bond acceptors (Lipinski definition) is 3. The van der Waals surface area contributed by atoms with Gasteiger partial charge in [0.1, 0.15) is 5.56 Å². The van der Waals surface area contributed by atoms with Crippen LogP contribution in [0, 0.1) is 25.5 Å². The molecular formula is C17H16F2N4O. The van der Waals surface area contributed by atoms with E-state index in [1.807, 2.05) is 19.9 Å². The van der Waals surface area contributed by atoms with E-state index < -0.39 is 11.6 Å². The van der Waals surface area contributed by atoms with Gasteiger partial charge in [0, 0.05) is 17.9 Å². The number of fused-ring (bicyclic) bond motifs is 1. The minimum absolute atomic E-state index is 0.182. The van der Waals surface area contributed by atoms with Crippen molar-refractivity contribution in [3.8, 4) is 0 Å². The molecule has 0 spiro atoms. The Kier molecular flexibility index (Phi) is 4.24. The van der Waals surface area contributed by atoms with Crippen LogP contribution in [0.1, 0.15) is 27.3 Å². The van der Waals surface area contributed by atoms with Crippen molar-refractivity contribution in [3.05, 3.63) is 64.6 Å². The summed E-state index contributed by atoms with van der Waals surface area (Å²) in [5.41, 5.74) is 2.71. The minimum Gasteiger partial charge on any atom is -0.352 e. The van der Waals surface area contributed by atoms with Crippen molar-refractivity contribution in [3.63, 3.8) is 0 Å². The summed E-state index contributed by atoms with van der Waals surface area (Å²) in [4.78, 5) is 16.7. The van der Waals surface area contributed by atoms with Crippen LogP contribution in [0.3, 0.4) is 0 Å². The third-order valence-corrected chi connectivity index (χ3v) is 3.73. The van der Waals surface area contributed by atoms with Crippen LogP contribution in [0.25, 0.3) is 5.65 Å². The monoisotopic (exact) mass is 330 g/mol. The quantitative estimate of drug-likeness (QED) is 0.800. The second kappa shape index (κ2) is 6.35. The van der Waals surface area contributed by atoms with Crippen molar-refractivity contribution < 1.29 is 13.6 Å². The zero-order chi connectivity index (χ0) is 17.3. The van der Waals surface area contributed by atoms with Gasteiger partial charge in [0.25, 0.3) is 5.91 Å². The van der Waals surface area contributed by atoms with Gasteiger partial charge < -0.3 is 5.32 Å². The number of aromatic nitrogens is 3. The molecule has 124 valence electrons. The van der Waals surface area contributed by atoms with E-state index in [-0.39, 0.29) is 24.4 Å². The zero-order valence-corrected chi connectivity index (χ0v) is 13.3. The maximum atomic E-state index is 13.6. The summed E-state index contributed by atoms with van der Waals surface area (Å²) in [6.45, 7) is 3.90. The highest BCUT2D eigenvalue weighted by molar-refractivity contribution is 5.99. The summed E-state index contributed by atoms with van der Waals surface area (Å²) in [5.74, 6) is -2.12. The Balaban J connectivity index is 1.73.